The minimum absolute atomic E-state index is 0. The molecule has 0 saturated carbocycles. The molecule has 0 aliphatic rings. The summed E-state index contributed by atoms with van der Waals surface area (Å²) in [6.45, 7) is 3.85. The van der Waals surface area contributed by atoms with E-state index in [2.05, 4.69) is 22.4 Å². The van der Waals surface area contributed by atoms with E-state index >= 15 is 0 Å². The summed E-state index contributed by atoms with van der Waals surface area (Å²) in [6.07, 6.45) is 3.59. The molecule has 0 aliphatic carbocycles. The summed E-state index contributed by atoms with van der Waals surface area (Å²) in [7, 11) is 0. The van der Waals surface area contributed by atoms with Gasteiger partial charge in [0, 0.05) is 6.20 Å². The third kappa shape index (κ3) is 6.00. The predicted octanol–water partition coefficient (Wildman–Crippen LogP) is 3.21. The Balaban J connectivity index is 0.00000264. The van der Waals surface area contributed by atoms with E-state index in [1.807, 2.05) is 44.2 Å². The van der Waals surface area contributed by atoms with Gasteiger partial charge in [0.25, 0.3) is 0 Å². The number of anilines is 1. The molecular weight excluding hydrogens is 310 g/mol. The molecule has 0 aliphatic heterocycles. The number of nitrogens with zero attached hydrogens (tertiary/aromatic N) is 1. The van der Waals surface area contributed by atoms with Crippen LogP contribution in [0.25, 0.3) is 0 Å². The largest absolute Gasteiger partial charge is 0.320 e. The standard InChI is InChI=1S/C18H23N3O.ClH/c1-13(2)17(19)18(22)21-16-12-15(10-11-20-16)9-8-14-6-4-3-5-7-14;/h3-7,10-13,17H,8-9,19H2,1-2H3,(H,20,21,22);1H/t17-;/m0./s1. The third-order valence-corrected chi connectivity index (χ3v) is 3.64. The van der Waals surface area contributed by atoms with Gasteiger partial charge in [-0.25, -0.2) is 4.98 Å². The zero-order valence-electron chi connectivity index (χ0n) is 13.5. The molecule has 1 aromatic carbocycles. The van der Waals surface area contributed by atoms with E-state index in [0.29, 0.717) is 5.82 Å². The van der Waals surface area contributed by atoms with Crippen molar-refractivity contribution in [3.05, 3.63) is 59.8 Å². The van der Waals surface area contributed by atoms with E-state index in [1.165, 1.54) is 5.56 Å². The van der Waals surface area contributed by atoms with E-state index in [9.17, 15) is 4.79 Å². The van der Waals surface area contributed by atoms with Crippen LogP contribution in [0.15, 0.2) is 48.7 Å². The van der Waals surface area contributed by atoms with Crippen LogP contribution in [0, 0.1) is 5.92 Å². The highest BCUT2D eigenvalue weighted by molar-refractivity contribution is 5.94. The molecule has 1 aromatic heterocycles. The summed E-state index contributed by atoms with van der Waals surface area (Å²) in [6, 6.07) is 13.7. The van der Waals surface area contributed by atoms with E-state index in [1.54, 1.807) is 6.20 Å². The predicted molar refractivity (Wildman–Crippen MR) is 96.8 cm³/mol. The van der Waals surface area contributed by atoms with Crippen LogP contribution >= 0.6 is 12.4 Å². The minimum Gasteiger partial charge on any atom is -0.320 e. The molecule has 0 unspecified atom stereocenters. The quantitative estimate of drug-likeness (QED) is 0.853. The van der Waals surface area contributed by atoms with Crippen molar-refractivity contribution in [3.8, 4) is 0 Å². The summed E-state index contributed by atoms with van der Waals surface area (Å²) in [5.74, 6) is 0.468. The van der Waals surface area contributed by atoms with Gasteiger partial charge in [0.05, 0.1) is 6.04 Å². The zero-order chi connectivity index (χ0) is 15.9. The number of hydrogen-bond donors (Lipinski definition) is 2. The summed E-state index contributed by atoms with van der Waals surface area (Å²) in [5.41, 5.74) is 8.28. The van der Waals surface area contributed by atoms with Crippen LogP contribution in [0.4, 0.5) is 5.82 Å². The number of rotatable bonds is 6. The molecular formula is C18H24ClN3O. The Labute approximate surface area is 143 Å². The topological polar surface area (TPSA) is 68.0 Å². The Morgan fingerprint density at radius 3 is 2.43 bits per heavy atom. The van der Waals surface area contributed by atoms with Gasteiger partial charge in [-0.15, -0.1) is 12.4 Å². The van der Waals surface area contributed by atoms with Crippen LogP contribution in [0.2, 0.25) is 0 Å². The van der Waals surface area contributed by atoms with Crippen molar-refractivity contribution in [1.82, 2.24) is 4.98 Å². The van der Waals surface area contributed by atoms with Crippen LogP contribution in [-0.4, -0.2) is 16.9 Å². The van der Waals surface area contributed by atoms with Crippen LogP contribution in [0.1, 0.15) is 25.0 Å². The lowest BCUT2D eigenvalue weighted by Crippen LogP contribution is -2.39. The number of amides is 1. The second-order valence-corrected chi connectivity index (χ2v) is 5.79. The number of benzene rings is 1. The third-order valence-electron chi connectivity index (χ3n) is 3.64. The van der Waals surface area contributed by atoms with Crippen molar-refractivity contribution in [3.63, 3.8) is 0 Å². The maximum absolute atomic E-state index is 12.0. The fraction of sp³-hybridized carbons (Fsp3) is 0.333. The Morgan fingerprint density at radius 2 is 1.78 bits per heavy atom. The molecule has 1 atom stereocenters. The van der Waals surface area contributed by atoms with Gasteiger partial charge in [-0.05, 0) is 42.0 Å². The van der Waals surface area contributed by atoms with Gasteiger partial charge in [-0.2, -0.15) is 0 Å². The Bertz CT molecular complexity index is 617. The molecule has 4 nitrogen and oxygen atoms in total. The number of nitrogens with one attached hydrogen (secondary N) is 1. The zero-order valence-corrected chi connectivity index (χ0v) is 14.3. The first-order chi connectivity index (χ1) is 10.6. The molecule has 0 saturated heterocycles. The molecule has 1 heterocycles. The monoisotopic (exact) mass is 333 g/mol. The van der Waals surface area contributed by atoms with Crippen LogP contribution in [-0.2, 0) is 17.6 Å². The molecule has 1 amide bonds. The molecule has 0 spiro atoms. The second kappa shape index (κ2) is 9.28. The van der Waals surface area contributed by atoms with Gasteiger partial charge in [0.2, 0.25) is 5.91 Å². The highest BCUT2D eigenvalue weighted by atomic mass is 35.5. The number of pyridine rings is 1. The molecule has 124 valence electrons. The maximum atomic E-state index is 12.0. The first kappa shape index (κ1) is 19.1. The number of aromatic nitrogens is 1. The Morgan fingerprint density at radius 1 is 1.13 bits per heavy atom. The first-order valence-electron chi connectivity index (χ1n) is 7.61. The smallest absolute Gasteiger partial charge is 0.242 e. The first-order valence-corrected chi connectivity index (χ1v) is 7.61. The van der Waals surface area contributed by atoms with Gasteiger partial charge in [0.1, 0.15) is 5.82 Å². The molecule has 0 fully saturated rings. The van der Waals surface area contributed by atoms with Crippen LogP contribution < -0.4 is 11.1 Å². The van der Waals surface area contributed by atoms with Gasteiger partial charge >= 0.3 is 0 Å². The maximum Gasteiger partial charge on any atom is 0.242 e. The number of halogens is 1. The van der Waals surface area contributed by atoms with Gasteiger partial charge in [-0.3, -0.25) is 4.79 Å². The molecule has 0 radical (unpaired) electrons. The Kier molecular flexibility index (Phi) is 7.72. The Hall–Kier alpha value is -1.91. The van der Waals surface area contributed by atoms with Crippen molar-refractivity contribution in [2.75, 3.05) is 5.32 Å². The van der Waals surface area contributed by atoms with Gasteiger partial charge in [-0.1, -0.05) is 44.2 Å². The lowest BCUT2D eigenvalue weighted by molar-refractivity contribution is -0.118. The normalized spacial score (nSPS) is 11.7. The number of carbonyl (C=O) groups is 1. The highest BCUT2D eigenvalue weighted by Gasteiger charge is 2.17. The fourth-order valence-electron chi connectivity index (χ4n) is 2.14. The van der Waals surface area contributed by atoms with Crippen LogP contribution in [0.3, 0.4) is 0 Å². The molecule has 3 N–H and O–H groups in total. The van der Waals surface area contributed by atoms with E-state index < -0.39 is 6.04 Å². The van der Waals surface area contributed by atoms with E-state index in [-0.39, 0.29) is 24.2 Å². The number of aryl methyl sites for hydroxylation is 2. The van der Waals surface area contributed by atoms with E-state index in [0.717, 1.165) is 18.4 Å². The molecule has 2 aromatic rings. The van der Waals surface area contributed by atoms with Crippen molar-refractivity contribution >= 4 is 24.1 Å². The van der Waals surface area contributed by atoms with E-state index in [4.69, 9.17) is 5.73 Å². The lowest BCUT2D eigenvalue weighted by Gasteiger charge is -2.15. The summed E-state index contributed by atoms with van der Waals surface area (Å²) in [5, 5.41) is 2.79. The van der Waals surface area contributed by atoms with Crippen molar-refractivity contribution in [2.24, 2.45) is 11.7 Å². The molecule has 2 rings (SSSR count). The SMILES string of the molecule is CC(C)[C@H](N)C(=O)Nc1cc(CCc2ccccc2)ccn1.Cl. The molecule has 0 bridgehead atoms. The summed E-state index contributed by atoms with van der Waals surface area (Å²) in [4.78, 5) is 16.2. The van der Waals surface area contributed by atoms with Crippen molar-refractivity contribution < 1.29 is 4.79 Å². The average Bonchev–Trinajstić information content (AvgIpc) is 2.53. The van der Waals surface area contributed by atoms with Crippen LogP contribution in [0.5, 0.6) is 0 Å². The van der Waals surface area contributed by atoms with Gasteiger partial charge < -0.3 is 11.1 Å². The molecule has 23 heavy (non-hydrogen) atoms. The van der Waals surface area contributed by atoms with Crippen molar-refractivity contribution in [1.29, 1.82) is 0 Å². The fourth-order valence-corrected chi connectivity index (χ4v) is 2.14. The molecule has 5 heteroatoms. The van der Waals surface area contributed by atoms with Gasteiger partial charge in [0.15, 0.2) is 0 Å². The number of nitrogens with two attached hydrogens (primary N) is 1. The number of carbonyl (C=O) groups excluding carboxylic acids is 1. The van der Waals surface area contributed by atoms with Crippen molar-refractivity contribution in [2.45, 2.75) is 32.7 Å². The minimum atomic E-state index is -0.519. The lowest BCUT2D eigenvalue weighted by atomic mass is 10.0. The average molecular weight is 334 g/mol. The summed E-state index contributed by atoms with van der Waals surface area (Å²) < 4.78 is 0. The number of hydrogen-bond acceptors (Lipinski definition) is 3. The summed E-state index contributed by atoms with van der Waals surface area (Å²) >= 11 is 0. The highest BCUT2D eigenvalue weighted by Crippen LogP contribution is 2.12. The second-order valence-electron chi connectivity index (χ2n) is 5.79.